The van der Waals surface area contributed by atoms with Crippen molar-refractivity contribution in [3.63, 3.8) is 0 Å². The fourth-order valence-electron chi connectivity index (χ4n) is 1.71. The van der Waals surface area contributed by atoms with E-state index in [2.05, 4.69) is 10.4 Å². The molecule has 0 aliphatic heterocycles. The molecule has 0 aliphatic carbocycles. The topological polar surface area (TPSA) is 46.2 Å². The summed E-state index contributed by atoms with van der Waals surface area (Å²) in [6, 6.07) is 3.75. The van der Waals surface area contributed by atoms with E-state index in [0.29, 0.717) is 23.2 Å². The molecular weight excluding hydrogens is 296 g/mol. The average Bonchev–Trinajstić information content (AvgIpc) is 3.06. The van der Waals surface area contributed by atoms with Crippen LogP contribution in [-0.4, -0.2) is 26.8 Å². The first kappa shape index (κ1) is 14.9. The number of furan rings is 1. The molecule has 0 amide bonds. The molecule has 0 saturated carbocycles. The number of nitrogens with zero attached hydrogens (tertiary/aromatic N) is 3. The van der Waals surface area contributed by atoms with Gasteiger partial charge in [-0.15, -0.1) is 0 Å². The van der Waals surface area contributed by atoms with Crippen LogP contribution in [0.15, 0.2) is 29.0 Å². The summed E-state index contributed by atoms with van der Waals surface area (Å²) in [7, 11) is 1.90. The number of thiocarbonyl (C=S) groups is 1. The summed E-state index contributed by atoms with van der Waals surface area (Å²) in [5.41, 5.74) is 0.818. The van der Waals surface area contributed by atoms with Crippen LogP contribution in [-0.2, 0) is 19.6 Å². The van der Waals surface area contributed by atoms with E-state index in [1.165, 1.54) is 0 Å². The number of aromatic nitrogens is 2. The van der Waals surface area contributed by atoms with Gasteiger partial charge in [0, 0.05) is 19.8 Å². The van der Waals surface area contributed by atoms with Crippen molar-refractivity contribution in [2.45, 2.75) is 26.6 Å². The first-order valence-electron chi connectivity index (χ1n) is 6.33. The fraction of sp³-hybridized carbons (Fsp3) is 0.385. The van der Waals surface area contributed by atoms with Gasteiger partial charge in [-0.2, -0.15) is 5.10 Å². The zero-order valence-corrected chi connectivity index (χ0v) is 13.0. The Balaban J connectivity index is 1.88. The molecule has 2 aromatic heterocycles. The minimum Gasteiger partial charge on any atom is -0.467 e. The standard InChI is InChI=1S/C13H17ClN4OS/c1-3-18-8-11(14)12(16-18)9-17(2)13(20)15-7-10-5-4-6-19-10/h4-6,8H,3,7,9H2,1-2H3,(H,15,20). The van der Waals surface area contributed by atoms with Crippen molar-refractivity contribution in [1.82, 2.24) is 20.0 Å². The zero-order valence-electron chi connectivity index (χ0n) is 11.5. The van der Waals surface area contributed by atoms with Crippen LogP contribution in [0.4, 0.5) is 0 Å². The normalized spacial score (nSPS) is 10.6. The van der Waals surface area contributed by atoms with Gasteiger partial charge in [-0.05, 0) is 31.3 Å². The summed E-state index contributed by atoms with van der Waals surface area (Å²) < 4.78 is 7.05. The molecule has 0 fully saturated rings. The summed E-state index contributed by atoms with van der Waals surface area (Å²) in [5.74, 6) is 0.842. The van der Waals surface area contributed by atoms with Gasteiger partial charge in [0.05, 0.1) is 24.4 Å². The van der Waals surface area contributed by atoms with Crippen LogP contribution in [0.5, 0.6) is 0 Å². The van der Waals surface area contributed by atoms with E-state index in [0.717, 1.165) is 18.0 Å². The van der Waals surface area contributed by atoms with Crippen molar-refractivity contribution in [2.24, 2.45) is 0 Å². The predicted octanol–water partition coefficient (Wildman–Crippen LogP) is 2.66. The third-order valence-electron chi connectivity index (χ3n) is 2.84. The van der Waals surface area contributed by atoms with E-state index in [1.807, 2.05) is 41.9 Å². The van der Waals surface area contributed by atoms with Gasteiger partial charge in [-0.25, -0.2) is 0 Å². The van der Waals surface area contributed by atoms with Crippen LogP contribution in [0.1, 0.15) is 18.4 Å². The second kappa shape index (κ2) is 6.76. The van der Waals surface area contributed by atoms with Gasteiger partial charge in [-0.3, -0.25) is 4.68 Å². The maximum Gasteiger partial charge on any atom is 0.169 e. The predicted molar refractivity (Wildman–Crippen MR) is 82.5 cm³/mol. The molecule has 7 heteroatoms. The number of aryl methyl sites for hydroxylation is 1. The van der Waals surface area contributed by atoms with E-state index < -0.39 is 0 Å². The zero-order chi connectivity index (χ0) is 14.5. The van der Waals surface area contributed by atoms with Crippen LogP contribution in [0.3, 0.4) is 0 Å². The van der Waals surface area contributed by atoms with Gasteiger partial charge >= 0.3 is 0 Å². The van der Waals surface area contributed by atoms with Crippen molar-refractivity contribution >= 4 is 28.9 Å². The number of hydrogen-bond donors (Lipinski definition) is 1. The lowest BCUT2D eigenvalue weighted by Gasteiger charge is -2.19. The van der Waals surface area contributed by atoms with Gasteiger partial charge in [-0.1, -0.05) is 11.6 Å². The van der Waals surface area contributed by atoms with Crippen molar-refractivity contribution in [2.75, 3.05) is 7.05 Å². The number of hydrogen-bond acceptors (Lipinski definition) is 3. The maximum atomic E-state index is 6.14. The molecule has 0 bridgehead atoms. The van der Waals surface area contributed by atoms with Gasteiger partial charge < -0.3 is 14.6 Å². The lowest BCUT2D eigenvalue weighted by Crippen LogP contribution is -2.36. The van der Waals surface area contributed by atoms with Crippen LogP contribution in [0.25, 0.3) is 0 Å². The molecule has 2 rings (SSSR count). The van der Waals surface area contributed by atoms with Gasteiger partial charge in [0.1, 0.15) is 11.5 Å². The van der Waals surface area contributed by atoms with Gasteiger partial charge in [0.25, 0.3) is 0 Å². The number of nitrogens with one attached hydrogen (secondary N) is 1. The molecule has 2 heterocycles. The summed E-state index contributed by atoms with van der Waals surface area (Å²) in [4.78, 5) is 1.90. The summed E-state index contributed by atoms with van der Waals surface area (Å²) in [5, 5.41) is 8.82. The molecule has 108 valence electrons. The fourth-order valence-corrected chi connectivity index (χ4v) is 2.06. The third-order valence-corrected chi connectivity index (χ3v) is 3.61. The van der Waals surface area contributed by atoms with Crippen LogP contribution in [0, 0.1) is 0 Å². The molecule has 0 aliphatic rings. The van der Waals surface area contributed by atoms with E-state index in [4.69, 9.17) is 28.2 Å². The summed E-state index contributed by atoms with van der Waals surface area (Å²) in [6.07, 6.45) is 3.46. The Morgan fingerprint density at radius 3 is 3.00 bits per heavy atom. The van der Waals surface area contributed by atoms with E-state index >= 15 is 0 Å². The highest BCUT2D eigenvalue weighted by atomic mass is 35.5. The van der Waals surface area contributed by atoms with Crippen molar-refractivity contribution in [3.05, 3.63) is 41.1 Å². The van der Waals surface area contributed by atoms with E-state index in [-0.39, 0.29) is 0 Å². The molecule has 0 aromatic carbocycles. The Labute approximate surface area is 128 Å². The highest BCUT2D eigenvalue weighted by Crippen LogP contribution is 2.15. The summed E-state index contributed by atoms with van der Waals surface area (Å²) in [6.45, 7) is 3.94. The maximum absolute atomic E-state index is 6.14. The second-order valence-corrected chi connectivity index (χ2v) is 5.17. The minimum atomic E-state index is 0.563. The van der Waals surface area contributed by atoms with E-state index in [9.17, 15) is 0 Å². The van der Waals surface area contributed by atoms with Crippen LogP contribution >= 0.6 is 23.8 Å². The Morgan fingerprint density at radius 2 is 2.40 bits per heavy atom. The molecule has 1 N–H and O–H groups in total. The Bertz CT molecular complexity index is 567. The quantitative estimate of drug-likeness (QED) is 0.860. The van der Waals surface area contributed by atoms with E-state index in [1.54, 1.807) is 6.26 Å². The van der Waals surface area contributed by atoms with Crippen LogP contribution < -0.4 is 5.32 Å². The summed E-state index contributed by atoms with van der Waals surface area (Å²) >= 11 is 11.5. The SMILES string of the molecule is CCn1cc(Cl)c(CN(C)C(=S)NCc2ccco2)n1. The Hall–Kier alpha value is -1.53. The highest BCUT2D eigenvalue weighted by Gasteiger charge is 2.11. The van der Waals surface area contributed by atoms with Gasteiger partial charge in [0.2, 0.25) is 0 Å². The molecule has 0 unspecified atom stereocenters. The average molecular weight is 313 g/mol. The smallest absolute Gasteiger partial charge is 0.169 e. The van der Waals surface area contributed by atoms with Crippen molar-refractivity contribution in [3.8, 4) is 0 Å². The first-order valence-corrected chi connectivity index (χ1v) is 7.12. The molecule has 5 nitrogen and oxygen atoms in total. The largest absolute Gasteiger partial charge is 0.467 e. The van der Waals surface area contributed by atoms with Crippen molar-refractivity contribution < 1.29 is 4.42 Å². The number of halogens is 1. The highest BCUT2D eigenvalue weighted by molar-refractivity contribution is 7.80. The molecule has 0 radical (unpaired) electrons. The lowest BCUT2D eigenvalue weighted by molar-refractivity contribution is 0.460. The molecule has 20 heavy (non-hydrogen) atoms. The molecule has 2 aromatic rings. The van der Waals surface area contributed by atoms with Crippen LogP contribution in [0.2, 0.25) is 5.02 Å². The molecular formula is C13H17ClN4OS. The Morgan fingerprint density at radius 1 is 1.60 bits per heavy atom. The van der Waals surface area contributed by atoms with Gasteiger partial charge in [0.15, 0.2) is 5.11 Å². The minimum absolute atomic E-state index is 0.563. The first-order chi connectivity index (χ1) is 9.60. The molecule has 0 atom stereocenters. The van der Waals surface area contributed by atoms with Crippen molar-refractivity contribution in [1.29, 1.82) is 0 Å². The lowest BCUT2D eigenvalue weighted by atomic mass is 10.4. The second-order valence-electron chi connectivity index (χ2n) is 4.37. The Kier molecular flexibility index (Phi) is 5.03. The number of rotatable bonds is 5. The third kappa shape index (κ3) is 3.74. The monoisotopic (exact) mass is 312 g/mol. The molecule has 0 spiro atoms. The molecule has 0 saturated heterocycles.